The first kappa shape index (κ1) is 12.6. The van der Waals surface area contributed by atoms with Crippen molar-refractivity contribution in [2.24, 2.45) is 11.7 Å². The third-order valence-electron chi connectivity index (χ3n) is 4.02. The Balaban J connectivity index is 1.92. The van der Waals surface area contributed by atoms with Gasteiger partial charge in [-0.1, -0.05) is 18.2 Å². The average Bonchev–Trinajstić information content (AvgIpc) is 2.80. The molecule has 1 aliphatic heterocycles. The summed E-state index contributed by atoms with van der Waals surface area (Å²) in [6.45, 7) is 4.57. The molecule has 2 aromatic rings. The van der Waals surface area contributed by atoms with Crippen LogP contribution < -0.4 is 5.73 Å². The minimum absolute atomic E-state index is 0.235. The molecular weight excluding hydrogens is 238 g/mol. The first-order chi connectivity index (χ1) is 9.29. The Morgan fingerprint density at radius 3 is 3.05 bits per heavy atom. The van der Waals surface area contributed by atoms with E-state index in [4.69, 9.17) is 15.6 Å². The Morgan fingerprint density at radius 1 is 1.42 bits per heavy atom. The van der Waals surface area contributed by atoms with Crippen molar-refractivity contribution in [1.82, 2.24) is 9.78 Å². The molecule has 0 radical (unpaired) electrons. The molecule has 4 heteroatoms. The van der Waals surface area contributed by atoms with Crippen molar-refractivity contribution in [3.8, 4) is 0 Å². The molecule has 2 unspecified atom stereocenters. The molecule has 1 aromatic carbocycles. The highest BCUT2D eigenvalue weighted by molar-refractivity contribution is 5.81. The van der Waals surface area contributed by atoms with Gasteiger partial charge >= 0.3 is 0 Å². The topological polar surface area (TPSA) is 53.1 Å². The van der Waals surface area contributed by atoms with Crippen LogP contribution in [0, 0.1) is 5.92 Å². The van der Waals surface area contributed by atoms with Gasteiger partial charge in [-0.3, -0.25) is 4.68 Å². The van der Waals surface area contributed by atoms with Gasteiger partial charge in [0, 0.05) is 30.5 Å². The lowest BCUT2D eigenvalue weighted by Gasteiger charge is -2.28. The highest BCUT2D eigenvalue weighted by atomic mass is 16.5. The van der Waals surface area contributed by atoms with E-state index in [1.165, 1.54) is 10.9 Å². The van der Waals surface area contributed by atoms with Gasteiger partial charge in [0.15, 0.2) is 0 Å². The molecule has 3 rings (SSSR count). The van der Waals surface area contributed by atoms with Crippen LogP contribution in [0.4, 0.5) is 0 Å². The molecule has 0 saturated carbocycles. The molecule has 1 saturated heterocycles. The smallest absolute Gasteiger partial charge is 0.0707 e. The van der Waals surface area contributed by atoms with Crippen molar-refractivity contribution in [1.29, 1.82) is 0 Å². The minimum Gasteiger partial charge on any atom is -0.381 e. The third kappa shape index (κ3) is 2.38. The van der Waals surface area contributed by atoms with Crippen LogP contribution >= 0.6 is 0 Å². The summed E-state index contributed by atoms with van der Waals surface area (Å²) in [7, 11) is 0. The van der Waals surface area contributed by atoms with Gasteiger partial charge < -0.3 is 10.5 Å². The molecule has 0 amide bonds. The second-order valence-corrected chi connectivity index (χ2v) is 5.27. The number of hydrogen-bond donors (Lipinski definition) is 1. The highest BCUT2D eigenvalue weighted by Crippen LogP contribution is 2.24. The molecule has 0 bridgehead atoms. The normalized spacial score (nSPS) is 23.9. The van der Waals surface area contributed by atoms with Crippen LogP contribution in [0.15, 0.2) is 24.3 Å². The van der Waals surface area contributed by atoms with Crippen LogP contribution in [0.25, 0.3) is 10.9 Å². The Kier molecular flexibility index (Phi) is 3.53. The standard InChI is InChI=1S/C15H21N3O/c1-2-18-15-6-4-3-5-12(15)14(17-18)9-11-10-19-8-7-13(11)16/h3-6,11,13H,2,7-10,16H2,1H3. The fourth-order valence-corrected chi connectivity index (χ4v) is 2.86. The van der Waals surface area contributed by atoms with Gasteiger partial charge in [-0.15, -0.1) is 0 Å². The molecule has 102 valence electrons. The number of benzene rings is 1. The lowest BCUT2D eigenvalue weighted by Crippen LogP contribution is -2.39. The van der Waals surface area contributed by atoms with Crippen LogP contribution in [0.1, 0.15) is 19.0 Å². The van der Waals surface area contributed by atoms with E-state index >= 15 is 0 Å². The van der Waals surface area contributed by atoms with Crippen molar-refractivity contribution in [2.45, 2.75) is 32.4 Å². The summed E-state index contributed by atoms with van der Waals surface area (Å²) in [5, 5.41) is 5.99. The molecule has 1 fully saturated rings. The SMILES string of the molecule is CCn1nc(CC2COCCC2N)c2ccccc21. The molecule has 0 spiro atoms. The van der Waals surface area contributed by atoms with Crippen molar-refractivity contribution in [3.05, 3.63) is 30.0 Å². The number of nitrogens with two attached hydrogens (primary N) is 1. The Morgan fingerprint density at radius 2 is 2.26 bits per heavy atom. The van der Waals surface area contributed by atoms with Gasteiger partial charge in [0.2, 0.25) is 0 Å². The number of nitrogens with zero attached hydrogens (tertiary/aromatic N) is 2. The number of hydrogen-bond acceptors (Lipinski definition) is 3. The van der Waals surface area contributed by atoms with Gasteiger partial charge in [0.05, 0.1) is 17.8 Å². The fraction of sp³-hybridized carbons (Fsp3) is 0.533. The summed E-state index contributed by atoms with van der Waals surface area (Å²) in [5.74, 6) is 0.386. The van der Waals surface area contributed by atoms with Crippen molar-refractivity contribution >= 4 is 10.9 Å². The lowest BCUT2D eigenvalue weighted by atomic mass is 9.91. The molecule has 1 aromatic heterocycles. The molecule has 0 aliphatic carbocycles. The number of rotatable bonds is 3. The summed E-state index contributed by atoms with van der Waals surface area (Å²) in [6, 6.07) is 8.66. The molecule has 19 heavy (non-hydrogen) atoms. The number of para-hydroxylation sites is 1. The lowest BCUT2D eigenvalue weighted by molar-refractivity contribution is 0.0419. The molecular formula is C15H21N3O. The van der Waals surface area contributed by atoms with Crippen molar-refractivity contribution < 1.29 is 4.74 Å². The summed E-state index contributed by atoms with van der Waals surface area (Å²) >= 11 is 0. The largest absolute Gasteiger partial charge is 0.381 e. The minimum atomic E-state index is 0.235. The first-order valence-electron chi connectivity index (χ1n) is 7.07. The maximum atomic E-state index is 6.20. The van der Waals surface area contributed by atoms with E-state index < -0.39 is 0 Å². The number of aromatic nitrogens is 2. The number of aryl methyl sites for hydroxylation is 1. The zero-order valence-corrected chi connectivity index (χ0v) is 11.4. The Labute approximate surface area is 113 Å². The first-order valence-corrected chi connectivity index (χ1v) is 7.07. The second kappa shape index (κ2) is 5.31. The van der Waals surface area contributed by atoms with E-state index in [0.717, 1.165) is 38.3 Å². The van der Waals surface area contributed by atoms with E-state index in [-0.39, 0.29) is 6.04 Å². The monoisotopic (exact) mass is 259 g/mol. The zero-order chi connectivity index (χ0) is 13.2. The predicted octanol–water partition coefficient (Wildman–Crippen LogP) is 1.96. The van der Waals surface area contributed by atoms with E-state index in [2.05, 4.69) is 35.9 Å². The predicted molar refractivity (Wildman–Crippen MR) is 76.0 cm³/mol. The quantitative estimate of drug-likeness (QED) is 0.916. The molecule has 1 aliphatic rings. The fourth-order valence-electron chi connectivity index (χ4n) is 2.86. The van der Waals surface area contributed by atoms with E-state index in [1.54, 1.807) is 0 Å². The van der Waals surface area contributed by atoms with E-state index in [9.17, 15) is 0 Å². The van der Waals surface area contributed by atoms with Crippen LogP contribution in [0.3, 0.4) is 0 Å². The van der Waals surface area contributed by atoms with Gasteiger partial charge in [-0.2, -0.15) is 5.10 Å². The summed E-state index contributed by atoms with van der Waals surface area (Å²) in [5.41, 5.74) is 8.56. The second-order valence-electron chi connectivity index (χ2n) is 5.27. The summed E-state index contributed by atoms with van der Waals surface area (Å²) in [6.07, 6.45) is 1.87. The zero-order valence-electron chi connectivity index (χ0n) is 11.4. The van der Waals surface area contributed by atoms with Crippen molar-refractivity contribution in [3.63, 3.8) is 0 Å². The number of fused-ring (bicyclic) bond motifs is 1. The number of ether oxygens (including phenoxy) is 1. The average molecular weight is 259 g/mol. The van der Waals surface area contributed by atoms with E-state index in [0.29, 0.717) is 5.92 Å². The van der Waals surface area contributed by atoms with Crippen LogP contribution in [-0.2, 0) is 17.7 Å². The molecule has 4 nitrogen and oxygen atoms in total. The Hall–Kier alpha value is -1.39. The molecule has 2 heterocycles. The van der Waals surface area contributed by atoms with Gasteiger partial charge in [0.1, 0.15) is 0 Å². The molecule has 2 N–H and O–H groups in total. The van der Waals surface area contributed by atoms with Crippen molar-refractivity contribution in [2.75, 3.05) is 13.2 Å². The maximum Gasteiger partial charge on any atom is 0.0707 e. The Bertz CT molecular complexity index is 564. The van der Waals surface area contributed by atoms with Gasteiger partial charge in [-0.25, -0.2) is 0 Å². The summed E-state index contributed by atoms with van der Waals surface area (Å²) in [4.78, 5) is 0. The molecule has 2 atom stereocenters. The van der Waals surface area contributed by atoms with Crippen LogP contribution in [0.5, 0.6) is 0 Å². The van der Waals surface area contributed by atoms with Crippen LogP contribution in [0.2, 0.25) is 0 Å². The highest BCUT2D eigenvalue weighted by Gasteiger charge is 2.24. The van der Waals surface area contributed by atoms with Crippen LogP contribution in [-0.4, -0.2) is 29.0 Å². The van der Waals surface area contributed by atoms with E-state index in [1.807, 2.05) is 0 Å². The third-order valence-corrected chi connectivity index (χ3v) is 4.02. The summed E-state index contributed by atoms with van der Waals surface area (Å²) < 4.78 is 7.62. The maximum absolute atomic E-state index is 6.20. The van der Waals surface area contributed by atoms with Gasteiger partial charge in [-0.05, 0) is 25.8 Å². The van der Waals surface area contributed by atoms with Gasteiger partial charge in [0.25, 0.3) is 0 Å².